The fourth-order valence-corrected chi connectivity index (χ4v) is 2.02. The van der Waals surface area contributed by atoms with Crippen molar-refractivity contribution in [2.45, 2.75) is 19.6 Å². The van der Waals surface area contributed by atoms with Crippen LogP contribution in [0, 0.1) is 0 Å². The van der Waals surface area contributed by atoms with Crippen molar-refractivity contribution in [2.75, 3.05) is 10.6 Å². The molecule has 3 N–H and O–H groups in total. The third-order valence-electron chi connectivity index (χ3n) is 2.94. The minimum atomic E-state index is -1.06. The van der Waals surface area contributed by atoms with Crippen LogP contribution >= 0.6 is 11.6 Å². The minimum absolute atomic E-state index is 0.462. The third kappa shape index (κ3) is 4.48. The molecule has 0 radical (unpaired) electrons. The van der Waals surface area contributed by atoms with Crippen molar-refractivity contribution >= 4 is 28.9 Å². The van der Waals surface area contributed by atoms with E-state index in [4.69, 9.17) is 16.7 Å². The number of hydrogen-bond donors (Lipinski definition) is 3. The molecular weight excluding hydrogens is 288 g/mol. The number of aliphatic hydroxyl groups is 1. The minimum Gasteiger partial charge on any atom is -0.384 e. The van der Waals surface area contributed by atoms with Crippen molar-refractivity contribution in [3.05, 3.63) is 59.1 Å². The number of rotatable bonds is 5. The van der Waals surface area contributed by atoms with Crippen molar-refractivity contribution < 1.29 is 9.90 Å². The van der Waals surface area contributed by atoms with Crippen molar-refractivity contribution in [1.29, 1.82) is 0 Å². The molecule has 110 valence electrons. The maximum atomic E-state index is 11.4. The summed E-state index contributed by atoms with van der Waals surface area (Å²) in [6.07, 6.45) is -1.06. The Labute approximate surface area is 128 Å². The molecule has 5 heteroatoms. The average molecular weight is 305 g/mol. The number of halogens is 1. The maximum Gasteiger partial charge on any atom is 0.252 e. The lowest BCUT2D eigenvalue weighted by molar-refractivity contribution is -0.123. The van der Waals surface area contributed by atoms with Crippen LogP contribution in [0.4, 0.5) is 11.4 Å². The Kier molecular flexibility index (Phi) is 5.20. The second-order valence-electron chi connectivity index (χ2n) is 4.70. The molecule has 0 spiro atoms. The summed E-state index contributed by atoms with van der Waals surface area (Å²) >= 11 is 6.18. The molecule has 0 bridgehead atoms. The summed E-state index contributed by atoms with van der Waals surface area (Å²) in [6, 6.07) is 15.2. The predicted molar refractivity (Wildman–Crippen MR) is 85.5 cm³/mol. The van der Waals surface area contributed by atoms with Gasteiger partial charge in [-0.1, -0.05) is 41.9 Å². The lowest BCUT2D eigenvalue weighted by Gasteiger charge is -2.11. The van der Waals surface area contributed by atoms with Crippen LogP contribution in [0.3, 0.4) is 0 Å². The zero-order valence-electron chi connectivity index (χ0n) is 11.6. The molecule has 1 amide bonds. The van der Waals surface area contributed by atoms with Crippen LogP contribution in [0.25, 0.3) is 0 Å². The summed E-state index contributed by atoms with van der Waals surface area (Å²) < 4.78 is 0. The number of amides is 1. The average Bonchev–Trinajstić information content (AvgIpc) is 2.47. The molecule has 2 aromatic carbocycles. The molecule has 0 aliphatic carbocycles. The highest BCUT2D eigenvalue weighted by atomic mass is 35.5. The first-order valence-electron chi connectivity index (χ1n) is 6.62. The van der Waals surface area contributed by atoms with Gasteiger partial charge in [-0.25, -0.2) is 0 Å². The van der Waals surface area contributed by atoms with Gasteiger partial charge in [0.2, 0.25) is 0 Å². The van der Waals surface area contributed by atoms with Gasteiger partial charge in [0.05, 0.1) is 10.7 Å². The van der Waals surface area contributed by atoms with Gasteiger partial charge in [-0.2, -0.15) is 0 Å². The smallest absolute Gasteiger partial charge is 0.252 e. The molecule has 0 saturated carbocycles. The summed E-state index contributed by atoms with van der Waals surface area (Å²) in [5.41, 5.74) is 2.49. The molecule has 0 fully saturated rings. The Hall–Kier alpha value is -2.04. The molecule has 21 heavy (non-hydrogen) atoms. The van der Waals surface area contributed by atoms with Gasteiger partial charge in [-0.3, -0.25) is 4.79 Å². The summed E-state index contributed by atoms with van der Waals surface area (Å²) in [4.78, 5) is 11.4. The molecule has 0 aliphatic heterocycles. The normalized spacial score (nSPS) is 11.8. The van der Waals surface area contributed by atoms with E-state index in [0.717, 1.165) is 11.3 Å². The van der Waals surface area contributed by atoms with E-state index in [1.807, 2.05) is 30.3 Å². The molecule has 0 aromatic heterocycles. The lowest BCUT2D eigenvalue weighted by Crippen LogP contribution is -2.24. The van der Waals surface area contributed by atoms with Crippen LogP contribution in [-0.2, 0) is 11.3 Å². The van der Waals surface area contributed by atoms with Gasteiger partial charge >= 0.3 is 0 Å². The van der Waals surface area contributed by atoms with Crippen LogP contribution in [-0.4, -0.2) is 17.1 Å². The van der Waals surface area contributed by atoms with E-state index in [1.54, 1.807) is 18.2 Å². The number of benzene rings is 2. The molecule has 2 aromatic rings. The third-order valence-corrected chi connectivity index (χ3v) is 3.25. The number of nitrogens with one attached hydrogen (secondary N) is 2. The maximum absolute atomic E-state index is 11.4. The molecule has 0 aliphatic rings. The highest BCUT2D eigenvalue weighted by Crippen LogP contribution is 2.26. The van der Waals surface area contributed by atoms with Crippen LogP contribution < -0.4 is 10.6 Å². The first kappa shape index (κ1) is 15.4. The van der Waals surface area contributed by atoms with E-state index in [9.17, 15) is 4.79 Å². The first-order chi connectivity index (χ1) is 10.1. The quantitative estimate of drug-likeness (QED) is 0.794. The van der Waals surface area contributed by atoms with E-state index in [0.29, 0.717) is 17.3 Å². The van der Waals surface area contributed by atoms with E-state index in [-0.39, 0.29) is 0 Å². The van der Waals surface area contributed by atoms with Gasteiger partial charge in [0.25, 0.3) is 5.91 Å². The summed E-state index contributed by atoms with van der Waals surface area (Å²) in [6.45, 7) is 2.08. The van der Waals surface area contributed by atoms with Gasteiger partial charge in [-0.15, -0.1) is 0 Å². The fourth-order valence-electron chi connectivity index (χ4n) is 1.78. The van der Waals surface area contributed by atoms with Gasteiger partial charge < -0.3 is 15.7 Å². The lowest BCUT2D eigenvalue weighted by atomic mass is 10.2. The predicted octanol–water partition coefficient (Wildman–Crippen LogP) is 3.27. The molecule has 1 unspecified atom stereocenters. The summed E-state index contributed by atoms with van der Waals surface area (Å²) in [5, 5.41) is 15.5. The monoisotopic (exact) mass is 304 g/mol. The summed E-state index contributed by atoms with van der Waals surface area (Å²) in [7, 11) is 0. The summed E-state index contributed by atoms with van der Waals surface area (Å²) in [5.74, 6) is -0.462. The van der Waals surface area contributed by atoms with Crippen LogP contribution in [0.2, 0.25) is 5.02 Å². The zero-order valence-corrected chi connectivity index (χ0v) is 12.4. The Morgan fingerprint density at radius 2 is 1.95 bits per heavy atom. The Bertz CT molecular complexity index is 615. The van der Waals surface area contributed by atoms with Crippen LogP contribution in [0.15, 0.2) is 48.5 Å². The highest BCUT2D eigenvalue weighted by molar-refractivity contribution is 6.33. The van der Waals surface area contributed by atoms with Crippen molar-refractivity contribution in [2.24, 2.45) is 0 Å². The standard InChI is InChI=1S/C16H17ClN2O2/c1-11(20)16(21)19-13-7-8-15(14(17)9-13)18-10-12-5-3-2-4-6-12/h2-9,11,18,20H,10H2,1H3,(H,19,21). The Balaban J connectivity index is 2.01. The number of hydrogen-bond acceptors (Lipinski definition) is 3. The second kappa shape index (κ2) is 7.11. The number of aliphatic hydroxyl groups excluding tert-OH is 1. The van der Waals surface area contributed by atoms with E-state index >= 15 is 0 Å². The first-order valence-corrected chi connectivity index (χ1v) is 7.00. The van der Waals surface area contributed by atoms with Crippen LogP contribution in [0.5, 0.6) is 0 Å². The fraction of sp³-hybridized carbons (Fsp3) is 0.188. The molecule has 0 heterocycles. The van der Waals surface area contributed by atoms with Crippen molar-refractivity contribution in [1.82, 2.24) is 0 Å². The van der Waals surface area contributed by atoms with E-state index in [2.05, 4.69) is 10.6 Å². The van der Waals surface area contributed by atoms with E-state index < -0.39 is 12.0 Å². The highest BCUT2D eigenvalue weighted by Gasteiger charge is 2.09. The van der Waals surface area contributed by atoms with Crippen LogP contribution in [0.1, 0.15) is 12.5 Å². The zero-order chi connectivity index (χ0) is 15.2. The van der Waals surface area contributed by atoms with Gasteiger partial charge in [0.1, 0.15) is 6.10 Å². The molecule has 4 nitrogen and oxygen atoms in total. The molecule has 2 rings (SSSR count). The van der Waals surface area contributed by atoms with E-state index in [1.165, 1.54) is 6.92 Å². The number of carbonyl (C=O) groups excluding carboxylic acids is 1. The van der Waals surface area contributed by atoms with Gasteiger partial charge in [-0.05, 0) is 30.7 Å². The largest absolute Gasteiger partial charge is 0.384 e. The number of carbonyl (C=O) groups is 1. The van der Waals surface area contributed by atoms with Crippen molar-refractivity contribution in [3.63, 3.8) is 0 Å². The molecule has 0 saturated heterocycles. The Morgan fingerprint density at radius 3 is 2.57 bits per heavy atom. The molecule has 1 atom stereocenters. The van der Waals surface area contributed by atoms with Gasteiger partial charge in [0, 0.05) is 12.2 Å². The topological polar surface area (TPSA) is 61.4 Å². The van der Waals surface area contributed by atoms with Crippen molar-refractivity contribution in [3.8, 4) is 0 Å². The Morgan fingerprint density at radius 1 is 1.24 bits per heavy atom. The SMILES string of the molecule is CC(O)C(=O)Nc1ccc(NCc2ccccc2)c(Cl)c1. The molecular formula is C16H17ClN2O2. The van der Waals surface area contributed by atoms with Gasteiger partial charge in [0.15, 0.2) is 0 Å². The second-order valence-corrected chi connectivity index (χ2v) is 5.11. The number of anilines is 2.